The first kappa shape index (κ1) is 26.1. The predicted octanol–water partition coefficient (Wildman–Crippen LogP) is -7.90. The summed E-state index contributed by atoms with van der Waals surface area (Å²) in [5, 5.41) is 79.0. The van der Waals surface area contributed by atoms with E-state index >= 15 is 0 Å². The van der Waals surface area contributed by atoms with Gasteiger partial charge in [0.15, 0.2) is 5.78 Å². The monoisotopic (exact) mass is 455 g/mol. The van der Waals surface area contributed by atoms with Crippen molar-refractivity contribution in [2.75, 3.05) is 13.2 Å². The first-order chi connectivity index (χ1) is 14.3. The van der Waals surface area contributed by atoms with Gasteiger partial charge in [0, 0.05) is 6.42 Å². The van der Waals surface area contributed by atoms with Crippen LogP contribution in [0.2, 0.25) is 0 Å². The van der Waals surface area contributed by atoms with Crippen LogP contribution in [0.15, 0.2) is 0 Å². The molecule has 11 atom stereocenters. The van der Waals surface area contributed by atoms with Crippen LogP contribution >= 0.6 is 0 Å². The average Bonchev–Trinajstić information content (AvgIpc) is 2.75. The van der Waals surface area contributed by atoms with E-state index in [0.29, 0.717) is 0 Å². The second-order valence-electron chi connectivity index (χ2n) is 7.68. The number of nitrogens with two attached hydrogens (primary N) is 3. The molecule has 0 saturated carbocycles. The Morgan fingerprint density at radius 1 is 0.806 bits per heavy atom. The zero-order valence-electron chi connectivity index (χ0n) is 16.3. The van der Waals surface area contributed by atoms with Gasteiger partial charge in [0.25, 0.3) is 0 Å². The Morgan fingerprint density at radius 2 is 1.19 bits per heavy atom. The van der Waals surface area contributed by atoms with Gasteiger partial charge in [0.05, 0.1) is 31.3 Å². The van der Waals surface area contributed by atoms with Crippen LogP contribution in [0.25, 0.3) is 0 Å². The molecule has 2 heterocycles. The number of Topliss-reactive ketones (excluding diaryl/α,β-unsaturated/α-hetero) is 2. The van der Waals surface area contributed by atoms with Crippen LogP contribution in [-0.2, 0) is 19.1 Å². The molecule has 2 saturated heterocycles. The van der Waals surface area contributed by atoms with E-state index < -0.39 is 97.5 Å². The number of carbonyl (C=O) groups excluding carboxylic acids is 2. The topological polar surface area (TPSA) is 292 Å². The highest BCUT2D eigenvalue weighted by Gasteiger charge is 2.59. The summed E-state index contributed by atoms with van der Waals surface area (Å²) in [6.45, 7) is -1.79. The lowest BCUT2D eigenvalue weighted by atomic mass is 9.83. The highest BCUT2D eigenvalue weighted by atomic mass is 16.7. The maximum absolute atomic E-state index is 12.7. The van der Waals surface area contributed by atoms with E-state index in [4.69, 9.17) is 26.7 Å². The summed E-state index contributed by atoms with van der Waals surface area (Å²) < 4.78 is 9.89. The fraction of sp³-hybridized carbons (Fsp3) is 0.875. The van der Waals surface area contributed by atoms with Gasteiger partial charge in [-0.3, -0.25) is 9.59 Å². The Balaban J connectivity index is 2.20. The maximum Gasteiger partial charge on any atom is 0.246 e. The lowest BCUT2D eigenvalue weighted by molar-refractivity contribution is -0.300. The van der Waals surface area contributed by atoms with E-state index in [1.807, 2.05) is 0 Å². The Morgan fingerprint density at radius 3 is 1.61 bits per heavy atom. The van der Waals surface area contributed by atoms with E-state index in [-0.39, 0.29) is 0 Å². The van der Waals surface area contributed by atoms with Crippen molar-refractivity contribution < 1.29 is 59.9 Å². The SMILES string of the molecule is NC(CC(=O)[C@]1(O)O[C@H](CO)[C@@H](O)[C@H](O)[C@H]1N)C(=O)[C@]1(O)O[C@H](CO)[C@@H](O)[C@H](O)[C@H]1N. The minimum Gasteiger partial charge on any atom is -0.394 e. The molecule has 180 valence electrons. The molecule has 0 bridgehead atoms. The molecule has 14 N–H and O–H groups in total. The van der Waals surface area contributed by atoms with Gasteiger partial charge in [0.2, 0.25) is 17.4 Å². The van der Waals surface area contributed by atoms with Crippen LogP contribution in [0.1, 0.15) is 6.42 Å². The molecular weight excluding hydrogens is 426 g/mol. The van der Waals surface area contributed by atoms with Gasteiger partial charge in [-0.1, -0.05) is 0 Å². The Kier molecular flexibility index (Phi) is 7.87. The first-order valence-electron chi connectivity index (χ1n) is 9.34. The van der Waals surface area contributed by atoms with Crippen molar-refractivity contribution in [1.82, 2.24) is 0 Å². The largest absolute Gasteiger partial charge is 0.394 e. The van der Waals surface area contributed by atoms with Gasteiger partial charge in [-0.15, -0.1) is 0 Å². The Hall–Kier alpha value is -1.18. The second kappa shape index (κ2) is 9.36. The first-order valence-corrected chi connectivity index (χ1v) is 9.34. The molecule has 2 fully saturated rings. The van der Waals surface area contributed by atoms with Crippen molar-refractivity contribution in [2.45, 2.75) is 72.7 Å². The molecule has 0 aromatic rings. The number of ketones is 2. The molecule has 15 heteroatoms. The molecule has 2 aliphatic heterocycles. The maximum atomic E-state index is 12.7. The summed E-state index contributed by atoms with van der Waals surface area (Å²) in [6, 6.07) is -5.71. The fourth-order valence-electron chi connectivity index (χ4n) is 3.55. The van der Waals surface area contributed by atoms with E-state index in [1.54, 1.807) is 0 Å². The molecule has 0 radical (unpaired) electrons. The standard InChI is InChI=1S/C16H29N3O12/c17-4(14(27)16(29)13(19)11(26)9(24)6(3-21)31-16)1-7(22)15(28)12(18)10(25)8(23)5(2-20)30-15/h4-6,8-13,20-21,23-26,28-29H,1-3,17-19H2/t4?,5-,6-,8-,9-,10+,11+,12-,13-,15+,16-/m1/s1. The number of hydrogen-bond acceptors (Lipinski definition) is 15. The quantitative estimate of drug-likeness (QED) is 0.170. The summed E-state index contributed by atoms with van der Waals surface area (Å²) in [7, 11) is 0. The smallest absolute Gasteiger partial charge is 0.246 e. The highest BCUT2D eigenvalue weighted by molar-refractivity contribution is 5.97. The molecule has 31 heavy (non-hydrogen) atoms. The van der Waals surface area contributed by atoms with Crippen molar-refractivity contribution in [1.29, 1.82) is 0 Å². The number of carbonyl (C=O) groups is 2. The Labute approximate surface area is 175 Å². The van der Waals surface area contributed by atoms with E-state index in [0.717, 1.165) is 0 Å². The molecule has 0 spiro atoms. The number of rotatable bonds is 7. The van der Waals surface area contributed by atoms with Crippen LogP contribution in [0.4, 0.5) is 0 Å². The molecule has 2 rings (SSSR count). The highest BCUT2D eigenvalue weighted by Crippen LogP contribution is 2.31. The summed E-state index contributed by atoms with van der Waals surface area (Å²) in [5.41, 5.74) is 16.8. The van der Waals surface area contributed by atoms with Gasteiger partial charge >= 0.3 is 0 Å². The minimum absolute atomic E-state index is 0.892. The molecule has 0 amide bonds. The Bertz CT molecular complexity index is 680. The van der Waals surface area contributed by atoms with Crippen molar-refractivity contribution in [3.05, 3.63) is 0 Å². The fourth-order valence-corrected chi connectivity index (χ4v) is 3.55. The summed E-state index contributed by atoms with van der Waals surface area (Å²) in [5.74, 6) is -8.72. The van der Waals surface area contributed by atoms with E-state index in [9.17, 15) is 50.4 Å². The second-order valence-corrected chi connectivity index (χ2v) is 7.68. The van der Waals surface area contributed by atoms with Gasteiger partial charge in [0.1, 0.15) is 36.6 Å². The van der Waals surface area contributed by atoms with Crippen LogP contribution in [0, 0.1) is 0 Å². The van der Waals surface area contributed by atoms with Crippen molar-refractivity contribution in [3.63, 3.8) is 0 Å². The molecule has 0 aromatic heterocycles. The zero-order valence-corrected chi connectivity index (χ0v) is 16.3. The van der Waals surface area contributed by atoms with Crippen LogP contribution in [0.5, 0.6) is 0 Å². The molecule has 15 nitrogen and oxygen atoms in total. The van der Waals surface area contributed by atoms with Crippen molar-refractivity contribution in [3.8, 4) is 0 Å². The third-order valence-electron chi connectivity index (χ3n) is 5.62. The van der Waals surface area contributed by atoms with Gasteiger partial charge < -0.3 is 67.5 Å². The molecular formula is C16H29N3O12. The summed E-state index contributed by atoms with van der Waals surface area (Å²) in [4.78, 5) is 25.3. The molecule has 0 aliphatic carbocycles. The predicted molar refractivity (Wildman–Crippen MR) is 96.4 cm³/mol. The number of aliphatic hydroxyl groups is 8. The van der Waals surface area contributed by atoms with Gasteiger partial charge in [-0.05, 0) is 0 Å². The lowest BCUT2D eigenvalue weighted by Crippen LogP contribution is -2.73. The normalized spacial score (nSPS) is 47.1. The van der Waals surface area contributed by atoms with Crippen LogP contribution in [0.3, 0.4) is 0 Å². The zero-order chi connectivity index (χ0) is 23.9. The summed E-state index contributed by atoms with van der Waals surface area (Å²) in [6.07, 6.45) is -11.5. The average molecular weight is 455 g/mol. The molecule has 0 aromatic carbocycles. The number of ether oxygens (including phenoxy) is 2. The van der Waals surface area contributed by atoms with E-state index in [2.05, 4.69) is 0 Å². The van der Waals surface area contributed by atoms with Crippen LogP contribution < -0.4 is 17.2 Å². The molecule has 1 unspecified atom stereocenters. The summed E-state index contributed by atoms with van der Waals surface area (Å²) >= 11 is 0. The van der Waals surface area contributed by atoms with E-state index in [1.165, 1.54) is 0 Å². The van der Waals surface area contributed by atoms with Gasteiger partial charge in [-0.2, -0.15) is 0 Å². The number of aliphatic hydroxyl groups excluding tert-OH is 6. The van der Waals surface area contributed by atoms with Gasteiger partial charge in [-0.25, -0.2) is 0 Å². The third kappa shape index (κ3) is 4.38. The molecule has 2 aliphatic rings. The minimum atomic E-state index is -3.01. The van der Waals surface area contributed by atoms with Crippen LogP contribution in [-0.4, -0.2) is 132 Å². The van der Waals surface area contributed by atoms with Crippen molar-refractivity contribution in [2.24, 2.45) is 17.2 Å². The third-order valence-corrected chi connectivity index (χ3v) is 5.62. The number of hydrogen-bond donors (Lipinski definition) is 11. The van der Waals surface area contributed by atoms with Crippen molar-refractivity contribution >= 4 is 11.6 Å². The lowest BCUT2D eigenvalue weighted by Gasteiger charge is -2.46.